The van der Waals surface area contributed by atoms with Crippen molar-refractivity contribution in [3.63, 3.8) is 0 Å². The highest BCUT2D eigenvalue weighted by molar-refractivity contribution is 7.17. The first kappa shape index (κ1) is 19.0. The van der Waals surface area contributed by atoms with E-state index in [1.54, 1.807) is 36.6 Å². The van der Waals surface area contributed by atoms with Crippen LogP contribution >= 0.6 is 11.3 Å². The smallest absolute Gasteiger partial charge is 0.357 e. The first-order valence-electron chi connectivity index (χ1n) is 9.07. The second-order valence-electron chi connectivity index (χ2n) is 6.62. The van der Waals surface area contributed by atoms with Crippen LogP contribution in [0.1, 0.15) is 32.3 Å². The van der Waals surface area contributed by atoms with Crippen molar-refractivity contribution in [2.45, 2.75) is 27.2 Å². The largest absolute Gasteiger partial charge is 0.461 e. The summed E-state index contributed by atoms with van der Waals surface area (Å²) < 4.78 is 7.17. The minimum atomic E-state index is -0.458. The number of esters is 1. The summed E-state index contributed by atoms with van der Waals surface area (Å²) in [6.07, 6.45) is 3.78. The van der Waals surface area contributed by atoms with E-state index >= 15 is 0 Å². The van der Waals surface area contributed by atoms with Crippen molar-refractivity contribution in [2.75, 3.05) is 6.61 Å². The number of imidazole rings is 1. The van der Waals surface area contributed by atoms with Crippen LogP contribution in [0.2, 0.25) is 0 Å². The molecule has 0 aliphatic rings. The third-order valence-electron chi connectivity index (χ3n) is 4.52. The highest BCUT2D eigenvalue weighted by Crippen LogP contribution is 2.21. The molecule has 0 radical (unpaired) electrons. The lowest BCUT2D eigenvalue weighted by Crippen LogP contribution is -2.20. The van der Waals surface area contributed by atoms with Crippen molar-refractivity contribution in [2.24, 2.45) is 0 Å². The SMILES string of the molecule is Cc1cn2c(C(=O)OCCc3c(C)nc(-c4ccccn4)[nH]c3=O)c(C)nc2s1. The molecule has 4 rings (SSSR count). The molecule has 0 fully saturated rings. The molecule has 0 aromatic carbocycles. The number of nitrogens with one attached hydrogen (secondary N) is 1. The molecule has 0 aliphatic heterocycles. The summed E-state index contributed by atoms with van der Waals surface area (Å²) in [6, 6.07) is 5.40. The van der Waals surface area contributed by atoms with Crippen LogP contribution in [0.15, 0.2) is 35.4 Å². The number of ether oxygens (including phenoxy) is 1. The standard InChI is InChI=1S/C20H19N5O3S/c1-11-10-25-16(13(3)23-20(25)29-11)19(27)28-9-7-14-12(2)22-17(24-18(14)26)15-6-4-5-8-21-15/h4-6,8,10H,7,9H2,1-3H3,(H,22,24,26). The maximum atomic E-state index is 12.6. The van der Waals surface area contributed by atoms with E-state index in [2.05, 4.69) is 19.9 Å². The number of aryl methyl sites for hydroxylation is 3. The van der Waals surface area contributed by atoms with E-state index in [0.29, 0.717) is 34.2 Å². The van der Waals surface area contributed by atoms with Gasteiger partial charge in [-0.15, -0.1) is 11.3 Å². The van der Waals surface area contributed by atoms with E-state index in [0.717, 1.165) is 9.84 Å². The molecule has 4 aromatic heterocycles. The van der Waals surface area contributed by atoms with E-state index in [9.17, 15) is 9.59 Å². The molecule has 0 unspecified atom stereocenters. The van der Waals surface area contributed by atoms with E-state index in [1.807, 2.05) is 19.2 Å². The fraction of sp³-hybridized carbons (Fsp3) is 0.250. The van der Waals surface area contributed by atoms with Gasteiger partial charge in [-0.1, -0.05) is 6.07 Å². The van der Waals surface area contributed by atoms with Crippen molar-refractivity contribution in [1.82, 2.24) is 24.3 Å². The maximum absolute atomic E-state index is 12.6. The van der Waals surface area contributed by atoms with E-state index < -0.39 is 5.97 Å². The number of hydrogen-bond donors (Lipinski definition) is 1. The molecule has 0 aliphatic carbocycles. The number of hydrogen-bond acceptors (Lipinski definition) is 7. The van der Waals surface area contributed by atoms with E-state index in [-0.39, 0.29) is 18.6 Å². The molecule has 0 saturated carbocycles. The van der Waals surface area contributed by atoms with Crippen LogP contribution in [-0.4, -0.2) is 36.9 Å². The molecule has 8 nitrogen and oxygen atoms in total. The van der Waals surface area contributed by atoms with Gasteiger partial charge in [0.1, 0.15) is 5.69 Å². The Morgan fingerprint density at radius 1 is 1.21 bits per heavy atom. The Kier molecular flexibility index (Phi) is 4.98. The molecule has 0 atom stereocenters. The van der Waals surface area contributed by atoms with Crippen LogP contribution in [-0.2, 0) is 11.2 Å². The average Bonchev–Trinajstić information content (AvgIpc) is 3.18. The molecule has 4 aromatic rings. The molecule has 29 heavy (non-hydrogen) atoms. The molecule has 0 bridgehead atoms. The number of H-pyrrole nitrogens is 1. The van der Waals surface area contributed by atoms with Gasteiger partial charge in [0, 0.05) is 34.9 Å². The Labute approximate surface area is 170 Å². The van der Waals surface area contributed by atoms with Gasteiger partial charge in [0.05, 0.1) is 12.3 Å². The van der Waals surface area contributed by atoms with Crippen molar-refractivity contribution >= 4 is 22.3 Å². The van der Waals surface area contributed by atoms with Gasteiger partial charge >= 0.3 is 5.97 Å². The van der Waals surface area contributed by atoms with Crippen LogP contribution in [0.5, 0.6) is 0 Å². The quantitative estimate of drug-likeness (QED) is 0.509. The topological polar surface area (TPSA) is 102 Å². The lowest BCUT2D eigenvalue weighted by Gasteiger charge is -2.08. The van der Waals surface area contributed by atoms with Gasteiger partial charge in [-0.25, -0.2) is 14.8 Å². The summed E-state index contributed by atoms with van der Waals surface area (Å²) in [5.41, 5.74) is 2.44. The molecule has 148 valence electrons. The Morgan fingerprint density at radius 2 is 2.03 bits per heavy atom. The van der Waals surface area contributed by atoms with Crippen molar-refractivity contribution < 1.29 is 9.53 Å². The predicted molar refractivity (Wildman–Crippen MR) is 109 cm³/mol. The van der Waals surface area contributed by atoms with E-state index in [1.165, 1.54) is 11.3 Å². The van der Waals surface area contributed by atoms with Crippen LogP contribution < -0.4 is 5.56 Å². The third kappa shape index (κ3) is 3.68. The average molecular weight is 409 g/mol. The molecule has 0 saturated heterocycles. The first-order chi connectivity index (χ1) is 13.9. The van der Waals surface area contributed by atoms with Crippen molar-refractivity contribution in [3.05, 3.63) is 68.5 Å². The molecule has 4 heterocycles. The monoisotopic (exact) mass is 409 g/mol. The number of aromatic amines is 1. The molecular formula is C20H19N5O3S. The molecule has 0 spiro atoms. The summed E-state index contributed by atoms with van der Waals surface area (Å²) in [6.45, 7) is 5.57. The summed E-state index contributed by atoms with van der Waals surface area (Å²) in [5.74, 6) is -0.0427. The van der Waals surface area contributed by atoms with Crippen molar-refractivity contribution in [1.29, 1.82) is 0 Å². The van der Waals surface area contributed by atoms with Gasteiger partial charge < -0.3 is 9.72 Å². The van der Waals surface area contributed by atoms with Crippen LogP contribution in [0.25, 0.3) is 16.5 Å². The number of fused-ring (bicyclic) bond motifs is 1. The second-order valence-corrected chi connectivity index (χ2v) is 7.83. The van der Waals surface area contributed by atoms with Gasteiger partial charge in [0.15, 0.2) is 16.5 Å². The summed E-state index contributed by atoms with van der Waals surface area (Å²) in [4.78, 5) is 42.7. The van der Waals surface area contributed by atoms with Crippen LogP contribution in [0, 0.1) is 20.8 Å². The van der Waals surface area contributed by atoms with Gasteiger partial charge in [0.2, 0.25) is 0 Å². The lowest BCUT2D eigenvalue weighted by atomic mass is 10.1. The summed E-state index contributed by atoms with van der Waals surface area (Å²) in [7, 11) is 0. The number of carbonyl (C=O) groups is 1. The number of thiazole rings is 1. The molecular weight excluding hydrogens is 390 g/mol. The number of pyridine rings is 1. The minimum Gasteiger partial charge on any atom is -0.461 e. The Morgan fingerprint density at radius 3 is 2.76 bits per heavy atom. The zero-order valence-electron chi connectivity index (χ0n) is 16.2. The highest BCUT2D eigenvalue weighted by Gasteiger charge is 2.20. The number of aromatic nitrogens is 5. The van der Waals surface area contributed by atoms with Gasteiger partial charge in [0.25, 0.3) is 5.56 Å². The van der Waals surface area contributed by atoms with Gasteiger partial charge in [-0.05, 0) is 32.9 Å². The van der Waals surface area contributed by atoms with Gasteiger partial charge in [-0.2, -0.15) is 0 Å². The number of nitrogens with zero attached hydrogens (tertiary/aromatic N) is 4. The second kappa shape index (κ2) is 7.59. The number of carbonyl (C=O) groups excluding carboxylic acids is 1. The zero-order valence-corrected chi connectivity index (χ0v) is 17.0. The maximum Gasteiger partial charge on any atom is 0.357 e. The van der Waals surface area contributed by atoms with Gasteiger partial charge in [-0.3, -0.25) is 14.2 Å². The molecule has 9 heteroatoms. The lowest BCUT2D eigenvalue weighted by molar-refractivity contribution is 0.0499. The fourth-order valence-corrected chi connectivity index (χ4v) is 4.02. The Balaban J connectivity index is 1.48. The molecule has 0 amide bonds. The van der Waals surface area contributed by atoms with Crippen LogP contribution in [0.3, 0.4) is 0 Å². The first-order valence-corrected chi connectivity index (χ1v) is 9.89. The minimum absolute atomic E-state index is 0.0726. The highest BCUT2D eigenvalue weighted by atomic mass is 32.1. The van der Waals surface area contributed by atoms with E-state index in [4.69, 9.17) is 4.74 Å². The third-order valence-corrected chi connectivity index (χ3v) is 5.42. The van der Waals surface area contributed by atoms with Crippen molar-refractivity contribution in [3.8, 4) is 11.5 Å². The number of rotatable bonds is 5. The van der Waals surface area contributed by atoms with Crippen LogP contribution in [0.4, 0.5) is 0 Å². The Bertz CT molecular complexity index is 1260. The molecule has 1 N–H and O–H groups in total. The summed E-state index contributed by atoms with van der Waals surface area (Å²) in [5, 5.41) is 0. The summed E-state index contributed by atoms with van der Waals surface area (Å²) >= 11 is 1.51. The normalized spacial score (nSPS) is 11.1. The predicted octanol–water partition coefficient (Wildman–Crippen LogP) is 2.87. The fourth-order valence-electron chi connectivity index (χ4n) is 3.15. The Hall–Kier alpha value is -3.33. The zero-order chi connectivity index (χ0) is 20.5.